The third-order valence-corrected chi connectivity index (χ3v) is 3.73. The Morgan fingerprint density at radius 1 is 1.10 bits per heavy atom. The molecule has 0 spiro atoms. The van der Waals surface area contributed by atoms with E-state index >= 15 is 0 Å². The summed E-state index contributed by atoms with van der Waals surface area (Å²) in [7, 11) is 0. The summed E-state index contributed by atoms with van der Waals surface area (Å²) in [6, 6.07) is 14.7. The first-order valence-electron chi connectivity index (χ1n) is 6.97. The Hall–Kier alpha value is -1.81. The lowest BCUT2D eigenvalue weighted by Gasteiger charge is -2.11. The fourth-order valence-electron chi connectivity index (χ4n) is 1.87. The smallest absolute Gasteiger partial charge is 0.191 e. The quantitative estimate of drug-likeness (QED) is 0.633. The lowest BCUT2D eigenvalue weighted by Crippen LogP contribution is -2.38. The van der Waals surface area contributed by atoms with Gasteiger partial charge in [-0.25, -0.2) is 4.99 Å². The maximum atomic E-state index is 4.59. The Balaban J connectivity index is 1.81. The first kappa shape index (κ1) is 14.6. The highest BCUT2D eigenvalue weighted by Crippen LogP contribution is 2.09. The predicted molar refractivity (Wildman–Crippen MR) is 87.3 cm³/mol. The van der Waals surface area contributed by atoms with Gasteiger partial charge >= 0.3 is 0 Å². The van der Waals surface area contributed by atoms with Crippen LogP contribution in [-0.4, -0.2) is 19.0 Å². The van der Waals surface area contributed by atoms with Crippen LogP contribution >= 0.6 is 11.3 Å². The number of benzene rings is 1. The number of rotatable bonds is 6. The number of guanidine groups is 1. The normalized spacial score (nSPS) is 11.3. The highest BCUT2D eigenvalue weighted by atomic mass is 32.1. The van der Waals surface area contributed by atoms with Crippen LogP contribution in [-0.2, 0) is 13.0 Å². The molecule has 0 bridgehead atoms. The Bertz CT molecular complexity index is 506. The van der Waals surface area contributed by atoms with Crippen molar-refractivity contribution in [2.75, 3.05) is 13.1 Å². The number of hydrogen-bond acceptors (Lipinski definition) is 2. The fraction of sp³-hybridized carbons (Fsp3) is 0.312. The number of hydrogen-bond donors (Lipinski definition) is 2. The van der Waals surface area contributed by atoms with Crippen LogP contribution in [0.15, 0.2) is 52.8 Å². The van der Waals surface area contributed by atoms with Crippen molar-refractivity contribution in [1.82, 2.24) is 10.6 Å². The van der Waals surface area contributed by atoms with Crippen molar-refractivity contribution in [1.29, 1.82) is 0 Å². The van der Waals surface area contributed by atoms with Crippen molar-refractivity contribution in [2.24, 2.45) is 4.99 Å². The zero-order valence-corrected chi connectivity index (χ0v) is 12.6. The van der Waals surface area contributed by atoms with Crippen molar-refractivity contribution in [3.05, 3.63) is 58.3 Å². The van der Waals surface area contributed by atoms with E-state index < -0.39 is 0 Å². The zero-order valence-electron chi connectivity index (χ0n) is 11.8. The Kier molecular flexibility index (Phi) is 6.11. The minimum absolute atomic E-state index is 0.734. The van der Waals surface area contributed by atoms with Crippen molar-refractivity contribution >= 4 is 17.3 Å². The molecule has 2 rings (SSSR count). The van der Waals surface area contributed by atoms with E-state index in [9.17, 15) is 0 Å². The number of aliphatic imine (C=N–C) groups is 1. The molecule has 4 heteroatoms. The van der Waals surface area contributed by atoms with E-state index in [2.05, 4.69) is 64.3 Å². The molecule has 1 heterocycles. The van der Waals surface area contributed by atoms with Gasteiger partial charge in [0, 0.05) is 18.0 Å². The molecule has 0 aliphatic heterocycles. The van der Waals surface area contributed by atoms with E-state index in [-0.39, 0.29) is 0 Å². The maximum Gasteiger partial charge on any atom is 0.191 e. The zero-order chi connectivity index (χ0) is 14.0. The molecule has 0 saturated carbocycles. The topological polar surface area (TPSA) is 36.4 Å². The van der Waals surface area contributed by atoms with Crippen LogP contribution in [0.3, 0.4) is 0 Å². The lowest BCUT2D eigenvalue weighted by atomic mass is 10.1. The Labute approximate surface area is 124 Å². The standard InChI is InChI=1S/C16H21N3S/c1-2-17-16(19-13-15-9-6-12-20-15)18-11-10-14-7-4-3-5-8-14/h3-9,12H,2,10-11,13H2,1H3,(H2,17,18,19). The van der Waals surface area contributed by atoms with Crippen LogP contribution in [0.4, 0.5) is 0 Å². The minimum Gasteiger partial charge on any atom is -0.357 e. The molecule has 1 aromatic carbocycles. The molecule has 20 heavy (non-hydrogen) atoms. The number of nitrogens with one attached hydrogen (secondary N) is 2. The first-order valence-corrected chi connectivity index (χ1v) is 7.85. The van der Waals surface area contributed by atoms with Gasteiger partial charge in [-0.05, 0) is 30.4 Å². The van der Waals surface area contributed by atoms with Gasteiger partial charge in [0.05, 0.1) is 6.54 Å². The SMILES string of the molecule is CCNC(=NCc1cccs1)NCCc1ccccc1. The molecule has 2 aromatic rings. The summed E-state index contributed by atoms with van der Waals surface area (Å²) >= 11 is 1.74. The van der Waals surface area contributed by atoms with Gasteiger partial charge in [0.2, 0.25) is 0 Å². The van der Waals surface area contributed by atoms with Gasteiger partial charge in [0.1, 0.15) is 0 Å². The van der Waals surface area contributed by atoms with Crippen molar-refractivity contribution in [3.63, 3.8) is 0 Å². The van der Waals surface area contributed by atoms with E-state index in [4.69, 9.17) is 0 Å². The second-order valence-corrected chi connectivity index (χ2v) is 5.47. The summed E-state index contributed by atoms with van der Waals surface area (Å²) in [6.45, 7) is 4.58. The van der Waals surface area contributed by atoms with Gasteiger partial charge in [-0.3, -0.25) is 0 Å². The molecule has 0 radical (unpaired) electrons. The third-order valence-electron chi connectivity index (χ3n) is 2.87. The lowest BCUT2D eigenvalue weighted by molar-refractivity contribution is 0.801. The number of nitrogens with zero attached hydrogens (tertiary/aromatic N) is 1. The maximum absolute atomic E-state index is 4.59. The monoisotopic (exact) mass is 287 g/mol. The summed E-state index contributed by atoms with van der Waals surface area (Å²) in [5, 5.41) is 8.73. The van der Waals surface area contributed by atoms with Crippen molar-refractivity contribution < 1.29 is 0 Å². The summed E-state index contributed by atoms with van der Waals surface area (Å²) in [5.41, 5.74) is 1.34. The Morgan fingerprint density at radius 2 is 1.95 bits per heavy atom. The average molecular weight is 287 g/mol. The molecule has 0 saturated heterocycles. The van der Waals surface area contributed by atoms with Crippen molar-refractivity contribution in [3.8, 4) is 0 Å². The highest BCUT2D eigenvalue weighted by molar-refractivity contribution is 7.09. The average Bonchev–Trinajstić information content (AvgIpc) is 2.99. The van der Waals surface area contributed by atoms with E-state index in [1.807, 2.05) is 6.07 Å². The molecular formula is C16H21N3S. The third kappa shape index (κ3) is 5.05. The highest BCUT2D eigenvalue weighted by Gasteiger charge is 1.98. The second-order valence-electron chi connectivity index (χ2n) is 4.44. The van der Waals surface area contributed by atoms with Crippen LogP contribution in [0.5, 0.6) is 0 Å². The summed E-state index contributed by atoms with van der Waals surface area (Å²) in [6.07, 6.45) is 1.00. The summed E-state index contributed by atoms with van der Waals surface area (Å²) < 4.78 is 0. The largest absolute Gasteiger partial charge is 0.357 e. The molecule has 0 unspecified atom stereocenters. The molecule has 1 aromatic heterocycles. The predicted octanol–water partition coefficient (Wildman–Crippen LogP) is 3.05. The van der Waals surface area contributed by atoms with Crippen LogP contribution in [0.1, 0.15) is 17.4 Å². The second kappa shape index (κ2) is 8.38. The van der Waals surface area contributed by atoms with Crippen LogP contribution in [0.2, 0.25) is 0 Å². The van der Waals surface area contributed by atoms with E-state index in [1.165, 1.54) is 10.4 Å². The van der Waals surface area contributed by atoms with E-state index in [0.717, 1.165) is 32.0 Å². The molecule has 3 nitrogen and oxygen atoms in total. The van der Waals surface area contributed by atoms with Gasteiger partial charge in [0.15, 0.2) is 5.96 Å². The van der Waals surface area contributed by atoms with Gasteiger partial charge in [-0.2, -0.15) is 0 Å². The molecule has 0 aliphatic carbocycles. The molecule has 0 atom stereocenters. The summed E-state index contributed by atoms with van der Waals surface area (Å²) in [4.78, 5) is 5.87. The summed E-state index contributed by atoms with van der Waals surface area (Å²) in [5.74, 6) is 0.886. The molecule has 0 amide bonds. The van der Waals surface area contributed by atoms with Crippen LogP contribution < -0.4 is 10.6 Å². The van der Waals surface area contributed by atoms with Gasteiger partial charge in [-0.15, -0.1) is 11.3 Å². The molecular weight excluding hydrogens is 266 g/mol. The van der Waals surface area contributed by atoms with E-state index in [1.54, 1.807) is 11.3 Å². The van der Waals surface area contributed by atoms with E-state index in [0.29, 0.717) is 0 Å². The van der Waals surface area contributed by atoms with Crippen LogP contribution in [0, 0.1) is 0 Å². The molecule has 0 aliphatic rings. The molecule has 0 fully saturated rings. The fourth-order valence-corrected chi connectivity index (χ4v) is 2.50. The minimum atomic E-state index is 0.734. The number of thiophene rings is 1. The van der Waals surface area contributed by atoms with Gasteiger partial charge in [-0.1, -0.05) is 36.4 Å². The first-order chi connectivity index (χ1) is 9.88. The van der Waals surface area contributed by atoms with Gasteiger partial charge in [0.25, 0.3) is 0 Å². The Morgan fingerprint density at radius 3 is 2.65 bits per heavy atom. The van der Waals surface area contributed by atoms with Crippen LogP contribution in [0.25, 0.3) is 0 Å². The van der Waals surface area contributed by atoms with Gasteiger partial charge < -0.3 is 10.6 Å². The van der Waals surface area contributed by atoms with Crippen molar-refractivity contribution in [2.45, 2.75) is 19.9 Å². The molecule has 106 valence electrons. The molecule has 2 N–H and O–H groups in total.